The molecule has 0 aliphatic carbocycles. The summed E-state index contributed by atoms with van der Waals surface area (Å²) < 4.78 is 14.2. The van der Waals surface area contributed by atoms with Crippen LogP contribution in [0.15, 0.2) is 22.7 Å². The monoisotopic (exact) mass is 293 g/mol. The van der Waals surface area contributed by atoms with E-state index in [-0.39, 0.29) is 11.4 Å². The minimum atomic E-state index is -0.206. The van der Waals surface area contributed by atoms with Gasteiger partial charge in [-0.3, -0.25) is 0 Å². The van der Waals surface area contributed by atoms with Gasteiger partial charge in [0.1, 0.15) is 5.82 Å². The van der Waals surface area contributed by atoms with Gasteiger partial charge >= 0.3 is 0 Å². The quantitative estimate of drug-likeness (QED) is 0.835. The molecule has 1 aromatic carbocycles. The molecular formula is C11H14BrClFN. The number of alkyl halides is 1. The van der Waals surface area contributed by atoms with Crippen molar-refractivity contribution in [3.05, 3.63) is 34.1 Å². The topological polar surface area (TPSA) is 12.0 Å². The lowest BCUT2D eigenvalue weighted by atomic mass is 10.1. The van der Waals surface area contributed by atoms with Crippen LogP contribution in [-0.4, -0.2) is 11.4 Å². The highest BCUT2D eigenvalue weighted by Gasteiger charge is 2.15. The first kappa shape index (κ1) is 12.9. The summed E-state index contributed by atoms with van der Waals surface area (Å²) in [6, 6.07) is 5.05. The van der Waals surface area contributed by atoms with Gasteiger partial charge in [0.05, 0.1) is 0 Å². The number of benzene rings is 1. The van der Waals surface area contributed by atoms with Crippen LogP contribution in [0.2, 0.25) is 0 Å². The van der Waals surface area contributed by atoms with Crippen LogP contribution in [0.25, 0.3) is 0 Å². The predicted molar refractivity (Wildman–Crippen MR) is 65.7 cm³/mol. The van der Waals surface area contributed by atoms with E-state index in [0.29, 0.717) is 18.0 Å². The average Bonchev–Trinajstić information content (AvgIpc) is 2.16. The zero-order valence-electron chi connectivity index (χ0n) is 8.78. The standard InChI is InChI=1S/C11H14BrClFN/c1-11(2,7-13)15-6-8-3-4-9(12)5-10(8)14/h3-5,15H,6-7H2,1-2H3. The summed E-state index contributed by atoms with van der Waals surface area (Å²) in [7, 11) is 0. The lowest BCUT2D eigenvalue weighted by molar-refractivity contribution is 0.423. The van der Waals surface area contributed by atoms with Gasteiger partial charge in [-0.15, -0.1) is 11.6 Å². The molecule has 1 rings (SSSR count). The molecule has 0 saturated heterocycles. The van der Waals surface area contributed by atoms with Crippen LogP contribution in [-0.2, 0) is 6.54 Å². The van der Waals surface area contributed by atoms with Crippen molar-refractivity contribution in [1.29, 1.82) is 0 Å². The van der Waals surface area contributed by atoms with Crippen molar-refractivity contribution in [2.45, 2.75) is 25.9 Å². The normalized spacial score (nSPS) is 11.8. The van der Waals surface area contributed by atoms with E-state index in [4.69, 9.17) is 11.6 Å². The van der Waals surface area contributed by atoms with E-state index < -0.39 is 0 Å². The fourth-order valence-electron chi connectivity index (χ4n) is 1.05. The molecule has 0 aromatic heterocycles. The summed E-state index contributed by atoms with van der Waals surface area (Å²) in [6.45, 7) is 4.45. The molecule has 84 valence electrons. The summed E-state index contributed by atoms with van der Waals surface area (Å²) in [6.07, 6.45) is 0. The van der Waals surface area contributed by atoms with Crippen LogP contribution in [0.5, 0.6) is 0 Å². The minimum absolute atomic E-state index is 0.179. The molecule has 0 fully saturated rings. The number of nitrogens with one attached hydrogen (secondary N) is 1. The van der Waals surface area contributed by atoms with Crippen molar-refractivity contribution >= 4 is 27.5 Å². The maximum atomic E-state index is 13.4. The molecule has 0 spiro atoms. The molecule has 1 nitrogen and oxygen atoms in total. The van der Waals surface area contributed by atoms with Crippen molar-refractivity contribution in [2.75, 3.05) is 5.88 Å². The van der Waals surface area contributed by atoms with Gasteiger partial charge in [-0.05, 0) is 26.0 Å². The second-order valence-electron chi connectivity index (χ2n) is 4.11. The van der Waals surface area contributed by atoms with E-state index >= 15 is 0 Å². The Balaban J connectivity index is 2.66. The molecule has 1 N–H and O–H groups in total. The lowest BCUT2D eigenvalue weighted by Gasteiger charge is -2.23. The Kier molecular flexibility index (Phi) is 4.56. The summed E-state index contributed by atoms with van der Waals surface area (Å²) in [5, 5.41) is 3.20. The van der Waals surface area contributed by atoms with Gasteiger partial charge in [0, 0.05) is 28.0 Å². The number of rotatable bonds is 4. The molecule has 0 amide bonds. The van der Waals surface area contributed by atoms with Gasteiger partial charge in [0.2, 0.25) is 0 Å². The van der Waals surface area contributed by atoms with Gasteiger partial charge in [-0.25, -0.2) is 4.39 Å². The van der Waals surface area contributed by atoms with Crippen molar-refractivity contribution < 1.29 is 4.39 Å². The zero-order valence-corrected chi connectivity index (χ0v) is 11.1. The summed E-state index contributed by atoms with van der Waals surface area (Å²) >= 11 is 8.98. The van der Waals surface area contributed by atoms with Crippen LogP contribution in [0.1, 0.15) is 19.4 Å². The number of hydrogen-bond acceptors (Lipinski definition) is 1. The Labute approximate surface area is 103 Å². The molecule has 0 radical (unpaired) electrons. The smallest absolute Gasteiger partial charge is 0.128 e. The molecule has 15 heavy (non-hydrogen) atoms. The summed E-state index contributed by atoms with van der Waals surface area (Å²) in [5.41, 5.74) is 0.470. The molecule has 0 bridgehead atoms. The molecule has 0 aliphatic rings. The largest absolute Gasteiger partial charge is 0.306 e. The fourth-order valence-corrected chi connectivity index (χ4v) is 1.47. The van der Waals surface area contributed by atoms with Gasteiger partial charge in [0.15, 0.2) is 0 Å². The Morgan fingerprint density at radius 3 is 2.67 bits per heavy atom. The third-order valence-corrected chi connectivity index (χ3v) is 3.27. The maximum Gasteiger partial charge on any atom is 0.128 e. The van der Waals surface area contributed by atoms with Crippen molar-refractivity contribution in [3.63, 3.8) is 0 Å². The Morgan fingerprint density at radius 2 is 2.13 bits per heavy atom. The highest BCUT2D eigenvalue weighted by Crippen LogP contribution is 2.16. The number of hydrogen-bond donors (Lipinski definition) is 1. The van der Waals surface area contributed by atoms with E-state index in [2.05, 4.69) is 21.2 Å². The molecule has 0 atom stereocenters. The highest BCUT2D eigenvalue weighted by molar-refractivity contribution is 9.10. The van der Waals surface area contributed by atoms with Crippen molar-refractivity contribution in [3.8, 4) is 0 Å². The Bertz CT molecular complexity index is 341. The highest BCUT2D eigenvalue weighted by atomic mass is 79.9. The van der Waals surface area contributed by atoms with Crippen LogP contribution in [0.3, 0.4) is 0 Å². The van der Waals surface area contributed by atoms with Crippen LogP contribution in [0, 0.1) is 5.82 Å². The molecule has 1 aromatic rings. The Morgan fingerprint density at radius 1 is 1.47 bits per heavy atom. The second kappa shape index (κ2) is 5.28. The Hall–Kier alpha value is -0.120. The van der Waals surface area contributed by atoms with Crippen molar-refractivity contribution in [2.24, 2.45) is 0 Å². The van der Waals surface area contributed by atoms with Crippen LogP contribution < -0.4 is 5.32 Å². The van der Waals surface area contributed by atoms with E-state index in [0.717, 1.165) is 4.47 Å². The van der Waals surface area contributed by atoms with Crippen molar-refractivity contribution in [1.82, 2.24) is 5.32 Å². The van der Waals surface area contributed by atoms with Gasteiger partial charge < -0.3 is 5.32 Å². The summed E-state index contributed by atoms with van der Waals surface area (Å²) in [5.74, 6) is 0.285. The first-order chi connectivity index (χ1) is 6.94. The molecule has 0 unspecified atom stereocenters. The lowest BCUT2D eigenvalue weighted by Crippen LogP contribution is -2.40. The van der Waals surface area contributed by atoms with E-state index in [1.165, 1.54) is 6.07 Å². The third kappa shape index (κ3) is 4.09. The molecular weight excluding hydrogens is 280 g/mol. The van der Waals surface area contributed by atoms with Crippen LogP contribution >= 0.6 is 27.5 Å². The van der Waals surface area contributed by atoms with Crippen LogP contribution in [0.4, 0.5) is 4.39 Å². The predicted octanol–water partition coefficient (Wildman–Crippen LogP) is 3.70. The number of halogens is 3. The summed E-state index contributed by atoms with van der Waals surface area (Å²) in [4.78, 5) is 0. The first-order valence-corrected chi connectivity index (χ1v) is 6.02. The second-order valence-corrected chi connectivity index (χ2v) is 5.29. The average molecular weight is 295 g/mol. The molecule has 0 heterocycles. The third-order valence-electron chi connectivity index (χ3n) is 2.11. The van der Waals surface area contributed by atoms with Gasteiger partial charge in [-0.2, -0.15) is 0 Å². The molecule has 0 aliphatic heterocycles. The molecule has 0 saturated carbocycles. The molecule has 4 heteroatoms. The van der Waals surface area contributed by atoms with Gasteiger partial charge in [-0.1, -0.05) is 22.0 Å². The van der Waals surface area contributed by atoms with E-state index in [1.807, 2.05) is 19.9 Å². The first-order valence-electron chi connectivity index (χ1n) is 4.69. The SMILES string of the molecule is CC(C)(CCl)NCc1ccc(Br)cc1F. The fraction of sp³-hybridized carbons (Fsp3) is 0.455. The zero-order chi connectivity index (χ0) is 11.5. The van der Waals surface area contributed by atoms with E-state index in [9.17, 15) is 4.39 Å². The minimum Gasteiger partial charge on any atom is -0.306 e. The van der Waals surface area contributed by atoms with E-state index in [1.54, 1.807) is 6.07 Å². The van der Waals surface area contributed by atoms with Gasteiger partial charge in [0.25, 0.3) is 0 Å². The maximum absolute atomic E-state index is 13.4.